The van der Waals surface area contributed by atoms with Gasteiger partial charge in [0.2, 0.25) is 5.91 Å². The third kappa shape index (κ3) is 6.31. The highest BCUT2D eigenvalue weighted by Crippen LogP contribution is 2.28. The van der Waals surface area contributed by atoms with Gasteiger partial charge in [-0.1, -0.05) is 49.4 Å². The summed E-state index contributed by atoms with van der Waals surface area (Å²) in [4.78, 5) is 30.9. The molecule has 0 spiro atoms. The van der Waals surface area contributed by atoms with E-state index >= 15 is 0 Å². The predicted molar refractivity (Wildman–Crippen MR) is 122 cm³/mol. The molecule has 1 aliphatic heterocycles. The third-order valence-electron chi connectivity index (χ3n) is 5.62. The molecule has 1 heterocycles. The molecule has 2 aromatic carbocycles. The second-order valence-electron chi connectivity index (χ2n) is 8.21. The van der Waals surface area contributed by atoms with E-state index in [1.807, 2.05) is 79.3 Å². The molecule has 0 fully saturated rings. The number of hydrogen-bond donors (Lipinski definition) is 0. The first-order valence-electron chi connectivity index (χ1n) is 11.0. The van der Waals surface area contributed by atoms with Gasteiger partial charge in [0.15, 0.2) is 6.61 Å². The number of nitrogens with zero attached hydrogens (tertiary/aromatic N) is 3. The zero-order valence-corrected chi connectivity index (χ0v) is 18.8. The second kappa shape index (κ2) is 11.0. The van der Waals surface area contributed by atoms with Gasteiger partial charge in [-0.25, -0.2) is 0 Å². The molecule has 0 saturated carbocycles. The molecule has 0 atom stereocenters. The molecular formula is C25H33N3O3. The number of rotatable bonds is 9. The third-order valence-corrected chi connectivity index (χ3v) is 5.62. The maximum absolute atomic E-state index is 13.0. The highest BCUT2D eigenvalue weighted by atomic mass is 16.5. The number of carbonyl (C=O) groups excluding carboxylic acids is 2. The van der Waals surface area contributed by atoms with Crippen LogP contribution in [-0.4, -0.2) is 66.9 Å². The lowest BCUT2D eigenvalue weighted by Gasteiger charge is -2.30. The summed E-state index contributed by atoms with van der Waals surface area (Å²) >= 11 is 0. The normalized spacial score (nSPS) is 13.1. The Morgan fingerprint density at radius 1 is 1.03 bits per heavy atom. The molecule has 0 bridgehead atoms. The molecule has 3 rings (SSSR count). The van der Waals surface area contributed by atoms with Crippen molar-refractivity contribution in [1.29, 1.82) is 0 Å². The first kappa shape index (κ1) is 22.8. The lowest BCUT2D eigenvalue weighted by atomic mass is 9.98. The van der Waals surface area contributed by atoms with E-state index in [1.54, 1.807) is 0 Å². The van der Waals surface area contributed by atoms with Crippen LogP contribution in [-0.2, 0) is 29.1 Å². The van der Waals surface area contributed by atoms with Crippen molar-refractivity contribution in [3.63, 3.8) is 0 Å². The van der Waals surface area contributed by atoms with E-state index in [-0.39, 0.29) is 18.4 Å². The predicted octanol–water partition coefficient (Wildman–Crippen LogP) is 2.95. The zero-order chi connectivity index (χ0) is 22.2. The molecular weight excluding hydrogens is 390 g/mol. The van der Waals surface area contributed by atoms with Crippen molar-refractivity contribution in [1.82, 2.24) is 14.7 Å². The average Bonchev–Trinajstić information content (AvgIpc) is 2.79. The minimum atomic E-state index is -0.0260. The fraction of sp³-hybridized carbons (Fsp3) is 0.440. The lowest BCUT2D eigenvalue weighted by molar-refractivity contribution is -0.134. The Kier molecular flexibility index (Phi) is 8.06. The molecule has 0 saturated heterocycles. The van der Waals surface area contributed by atoms with E-state index in [0.717, 1.165) is 35.4 Å². The van der Waals surface area contributed by atoms with Gasteiger partial charge in [0.1, 0.15) is 5.75 Å². The van der Waals surface area contributed by atoms with Crippen LogP contribution in [0.4, 0.5) is 0 Å². The summed E-state index contributed by atoms with van der Waals surface area (Å²) in [7, 11) is 4.01. The Balaban J connectivity index is 1.66. The van der Waals surface area contributed by atoms with Gasteiger partial charge in [0.05, 0.1) is 0 Å². The fourth-order valence-corrected chi connectivity index (χ4v) is 3.79. The number of likely N-dealkylation sites (N-methyl/N-ethyl adjacent to an activating group) is 1. The smallest absolute Gasteiger partial charge is 0.260 e. The SMILES string of the molecule is CCC(=O)N1CCc2c(cccc2OCC(=O)N(CCN(C)C)Cc2ccccc2)C1. The topological polar surface area (TPSA) is 53.1 Å². The zero-order valence-electron chi connectivity index (χ0n) is 18.8. The quantitative estimate of drug-likeness (QED) is 0.622. The number of carbonyl (C=O) groups is 2. The Morgan fingerprint density at radius 3 is 2.52 bits per heavy atom. The summed E-state index contributed by atoms with van der Waals surface area (Å²) in [6, 6.07) is 15.9. The van der Waals surface area contributed by atoms with Crippen LogP contribution in [0.2, 0.25) is 0 Å². The van der Waals surface area contributed by atoms with Crippen LogP contribution in [0.15, 0.2) is 48.5 Å². The molecule has 2 aromatic rings. The van der Waals surface area contributed by atoms with E-state index in [4.69, 9.17) is 4.74 Å². The van der Waals surface area contributed by atoms with E-state index in [1.165, 1.54) is 0 Å². The van der Waals surface area contributed by atoms with Crippen molar-refractivity contribution in [3.05, 3.63) is 65.2 Å². The van der Waals surface area contributed by atoms with Crippen LogP contribution in [0, 0.1) is 0 Å². The van der Waals surface area contributed by atoms with Gasteiger partial charge < -0.3 is 19.4 Å². The fourth-order valence-electron chi connectivity index (χ4n) is 3.79. The highest BCUT2D eigenvalue weighted by Gasteiger charge is 2.23. The lowest BCUT2D eigenvalue weighted by Crippen LogP contribution is -2.39. The number of amides is 2. The van der Waals surface area contributed by atoms with Gasteiger partial charge in [-0.3, -0.25) is 9.59 Å². The monoisotopic (exact) mass is 423 g/mol. The van der Waals surface area contributed by atoms with Gasteiger partial charge in [-0.15, -0.1) is 0 Å². The van der Waals surface area contributed by atoms with Gasteiger partial charge >= 0.3 is 0 Å². The van der Waals surface area contributed by atoms with Crippen molar-refractivity contribution >= 4 is 11.8 Å². The van der Waals surface area contributed by atoms with Crippen molar-refractivity contribution in [2.24, 2.45) is 0 Å². The van der Waals surface area contributed by atoms with E-state index < -0.39 is 0 Å². The van der Waals surface area contributed by atoms with Crippen LogP contribution in [0.1, 0.15) is 30.0 Å². The van der Waals surface area contributed by atoms with Crippen LogP contribution >= 0.6 is 0 Å². The Labute approximate surface area is 185 Å². The van der Waals surface area contributed by atoms with Crippen molar-refractivity contribution in [2.75, 3.05) is 40.3 Å². The summed E-state index contributed by atoms with van der Waals surface area (Å²) in [6.07, 6.45) is 1.27. The molecule has 6 nitrogen and oxygen atoms in total. The first-order chi connectivity index (χ1) is 15.0. The summed E-state index contributed by atoms with van der Waals surface area (Å²) in [6.45, 7) is 5.20. The Bertz CT molecular complexity index is 883. The second-order valence-corrected chi connectivity index (χ2v) is 8.21. The first-order valence-corrected chi connectivity index (χ1v) is 11.0. The number of benzene rings is 2. The molecule has 6 heteroatoms. The van der Waals surface area contributed by atoms with Crippen molar-refractivity contribution in [3.8, 4) is 5.75 Å². The van der Waals surface area contributed by atoms with Gasteiger partial charge in [-0.05, 0) is 37.7 Å². The minimum absolute atomic E-state index is 0.00825. The Morgan fingerprint density at radius 2 is 1.81 bits per heavy atom. The van der Waals surface area contributed by atoms with Crippen LogP contribution < -0.4 is 4.74 Å². The number of fused-ring (bicyclic) bond motifs is 1. The molecule has 166 valence electrons. The molecule has 0 radical (unpaired) electrons. The molecule has 31 heavy (non-hydrogen) atoms. The van der Waals surface area contributed by atoms with Gasteiger partial charge in [0.25, 0.3) is 5.91 Å². The van der Waals surface area contributed by atoms with Gasteiger partial charge in [-0.2, -0.15) is 0 Å². The maximum atomic E-state index is 13.0. The molecule has 2 amide bonds. The summed E-state index contributed by atoms with van der Waals surface area (Å²) in [5.41, 5.74) is 3.32. The maximum Gasteiger partial charge on any atom is 0.260 e. The molecule has 0 N–H and O–H groups in total. The molecule has 0 aromatic heterocycles. The van der Waals surface area contributed by atoms with Gasteiger partial charge in [0, 0.05) is 44.7 Å². The summed E-state index contributed by atoms with van der Waals surface area (Å²) in [5, 5.41) is 0. The standard InChI is InChI=1S/C25H33N3O3/c1-4-24(29)27-14-13-22-21(18-27)11-8-12-23(22)31-19-25(30)28(16-15-26(2)3)17-20-9-6-5-7-10-20/h5-12H,4,13-19H2,1-3H3. The van der Waals surface area contributed by atoms with Crippen molar-refractivity contribution < 1.29 is 14.3 Å². The molecule has 1 aliphatic rings. The highest BCUT2D eigenvalue weighted by molar-refractivity contribution is 5.78. The minimum Gasteiger partial charge on any atom is -0.483 e. The largest absolute Gasteiger partial charge is 0.483 e. The van der Waals surface area contributed by atoms with Crippen LogP contribution in [0.25, 0.3) is 0 Å². The van der Waals surface area contributed by atoms with Crippen LogP contribution in [0.3, 0.4) is 0 Å². The summed E-state index contributed by atoms with van der Waals surface area (Å²) in [5.74, 6) is 0.896. The van der Waals surface area contributed by atoms with E-state index in [0.29, 0.717) is 32.6 Å². The van der Waals surface area contributed by atoms with Crippen LogP contribution in [0.5, 0.6) is 5.75 Å². The average molecular weight is 424 g/mol. The number of hydrogen-bond acceptors (Lipinski definition) is 4. The van der Waals surface area contributed by atoms with E-state index in [2.05, 4.69) is 4.90 Å². The van der Waals surface area contributed by atoms with Crippen molar-refractivity contribution in [2.45, 2.75) is 32.9 Å². The van der Waals surface area contributed by atoms with E-state index in [9.17, 15) is 9.59 Å². The Hall–Kier alpha value is -2.86. The molecule has 0 unspecified atom stereocenters. The molecule has 0 aliphatic carbocycles. The number of ether oxygens (including phenoxy) is 1. The summed E-state index contributed by atoms with van der Waals surface area (Å²) < 4.78 is 6.01.